The predicted octanol–water partition coefficient (Wildman–Crippen LogP) is 6.32. The third kappa shape index (κ3) is 6.92. The topological polar surface area (TPSA) is 66.8 Å². The number of ether oxygens (including phenoxy) is 1. The quantitative estimate of drug-likeness (QED) is 0.311. The second-order valence-electron chi connectivity index (χ2n) is 8.75. The Morgan fingerprint density at radius 1 is 0.971 bits per heavy atom. The van der Waals surface area contributed by atoms with Crippen molar-refractivity contribution in [3.8, 4) is 16.9 Å². The fourth-order valence-electron chi connectivity index (χ4n) is 3.91. The number of hydrogen-bond acceptors (Lipinski definition) is 3. The molecule has 0 aromatic heterocycles. The second-order valence-corrected chi connectivity index (χ2v) is 8.75. The largest absolute Gasteiger partial charge is 0.493 e. The Labute approximate surface area is 206 Å². The second kappa shape index (κ2) is 11.6. The number of amides is 1. The van der Waals surface area contributed by atoms with Gasteiger partial charge in [-0.25, -0.2) is 4.39 Å². The maximum absolute atomic E-state index is 13.6. The molecule has 1 unspecified atom stereocenters. The van der Waals surface area contributed by atoms with Crippen LogP contribution in [0.2, 0.25) is 0 Å². The van der Waals surface area contributed by atoms with E-state index in [0.717, 1.165) is 30.4 Å². The number of carbonyl (C=O) groups excluding carboxylic acids is 1. The summed E-state index contributed by atoms with van der Waals surface area (Å²) in [6, 6.07) is 20.7. The maximum atomic E-state index is 13.6. The summed E-state index contributed by atoms with van der Waals surface area (Å²) in [4.78, 5) is 25.8. The van der Waals surface area contributed by atoms with E-state index in [0.29, 0.717) is 36.3 Å². The van der Waals surface area contributed by atoms with Gasteiger partial charge in [-0.05, 0) is 73.6 Å². The number of unbranched alkanes of at least 4 members (excludes halogenated alkanes) is 2. The Kier molecular flexibility index (Phi) is 7.68. The van der Waals surface area contributed by atoms with Crippen LogP contribution >= 0.6 is 0 Å². The number of carboxylic acid groups (broad SMARTS) is 1. The minimum Gasteiger partial charge on any atom is -0.493 e. The van der Waals surface area contributed by atoms with Crippen molar-refractivity contribution in [1.82, 2.24) is 4.90 Å². The molecule has 1 aliphatic carbocycles. The van der Waals surface area contributed by atoms with Crippen LogP contribution in [0.3, 0.4) is 0 Å². The fourth-order valence-corrected chi connectivity index (χ4v) is 3.91. The van der Waals surface area contributed by atoms with Gasteiger partial charge in [0.05, 0.1) is 7.98 Å². The Morgan fingerprint density at radius 3 is 2.46 bits per heavy atom. The zero-order chi connectivity index (χ0) is 25.5. The number of nitrogens with zero attached hydrogens (tertiary/aromatic N) is 1. The summed E-state index contributed by atoms with van der Waals surface area (Å²) in [6.07, 6.45) is 3.92. The predicted molar refractivity (Wildman–Crippen MR) is 133 cm³/mol. The lowest BCUT2D eigenvalue weighted by atomic mass is 10.0. The summed E-state index contributed by atoms with van der Waals surface area (Å²) < 4.78 is 28.5. The Balaban J connectivity index is 1.46. The number of benzene rings is 3. The number of aliphatic carboxylic acids is 1. The molecule has 1 N–H and O–H groups in total. The van der Waals surface area contributed by atoms with Gasteiger partial charge in [0.1, 0.15) is 11.6 Å². The van der Waals surface area contributed by atoms with E-state index in [1.807, 2.05) is 24.3 Å². The zero-order valence-electron chi connectivity index (χ0n) is 20.5. The molecule has 0 radical (unpaired) electrons. The molecule has 6 heteroatoms. The van der Waals surface area contributed by atoms with Crippen LogP contribution in [0.5, 0.6) is 5.75 Å². The molecule has 0 aliphatic heterocycles. The minimum absolute atomic E-state index is 0.00645. The molecule has 0 spiro atoms. The third-order valence-corrected chi connectivity index (χ3v) is 5.95. The molecule has 0 bridgehead atoms. The van der Waals surface area contributed by atoms with E-state index in [1.165, 1.54) is 12.1 Å². The van der Waals surface area contributed by atoms with Crippen LogP contribution in [-0.4, -0.2) is 34.5 Å². The monoisotopic (exact) mass is 476 g/mol. The Bertz CT molecular complexity index is 1200. The highest BCUT2D eigenvalue weighted by atomic mass is 19.1. The molecule has 0 heterocycles. The van der Waals surface area contributed by atoms with Gasteiger partial charge in [0, 0.05) is 30.1 Å². The van der Waals surface area contributed by atoms with Gasteiger partial charge in [-0.3, -0.25) is 9.59 Å². The van der Waals surface area contributed by atoms with Crippen molar-refractivity contribution in [3.05, 3.63) is 89.7 Å². The molecule has 1 amide bonds. The third-order valence-electron chi connectivity index (χ3n) is 5.95. The molecule has 35 heavy (non-hydrogen) atoms. The normalized spacial score (nSPS) is 14.1. The average molecular weight is 477 g/mol. The lowest BCUT2D eigenvalue weighted by molar-refractivity contribution is -0.137. The van der Waals surface area contributed by atoms with Crippen molar-refractivity contribution in [2.24, 2.45) is 0 Å². The molecule has 3 aromatic rings. The van der Waals surface area contributed by atoms with Crippen molar-refractivity contribution >= 4 is 11.9 Å². The first-order chi connectivity index (χ1) is 17.4. The van der Waals surface area contributed by atoms with E-state index in [9.17, 15) is 14.0 Å². The first kappa shape index (κ1) is 23.1. The van der Waals surface area contributed by atoms with Crippen molar-refractivity contribution < 1.29 is 25.2 Å². The standard InChI is InChI=1S/C29H30FNO4/c30-25-9-6-8-23(19-25)21-12-14-22(15-13-21)29(34)31(26-16-17-26)20-24-7-3-4-10-27(24)35-18-5-1-2-11-28(32)33/h3-4,6-10,12-15,19,26H,1-2,5,11,16-18,20H2,(H,32,33)/i20D. The molecule has 1 aliphatic rings. The minimum atomic E-state index is -0.920. The van der Waals surface area contributed by atoms with Gasteiger partial charge in [0.2, 0.25) is 0 Å². The van der Waals surface area contributed by atoms with Gasteiger partial charge in [0.25, 0.3) is 5.91 Å². The summed E-state index contributed by atoms with van der Waals surface area (Å²) >= 11 is 0. The number of carboxylic acids is 1. The number of hydrogen-bond donors (Lipinski definition) is 1. The van der Waals surface area contributed by atoms with E-state index in [2.05, 4.69) is 0 Å². The van der Waals surface area contributed by atoms with Crippen LogP contribution < -0.4 is 4.74 Å². The van der Waals surface area contributed by atoms with Crippen LogP contribution in [0.4, 0.5) is 4.39 Å². The summed E-state index contributed by atoms with van der Waals surface area (Å²) in [6.45, 7) is -0.501. The van der Waals surface area contributed by atoms with Crippen LogP contribution in [0.1, 0.15) is 55.8 Å². The molecular formula is C29H30FNO4. The summed E-state index contributed by atoms with van der Waals surface area (Å²) in [7, 11) is 0. The van der Waals surface area contributed by atoms with E-state index in [1.54, 1.807) is 41.3 Å². The van der Waals surface area contributed by atoms with Crippen molar-refractivity contribution in [1.29, 1.82) is 0 Å². The highest BCUT2D eigenvalue weighted by molar-refractivity contribution is 5.95. The van der Waals surface area contributed by atoms with Crippen LogP contribution in [0, 0.1) is 5.82 Å². The van der Waals surface area contributed by atoms with E-state index in [-0.39, 0.29) is 24.2 Å². The van der Waals surface area contributed by atoms with Crippen LogP contribution in [-0.2, 0) is 11.3 Å². The van der Waals surface area contributed by atoms with Gasteiger partial charge in [-0.1, -0.05) is 42.5 Å². The number of rotatable bonds is 12. The summed E-state index contributed by atoms with van der Waals surface area (Å²) in [5.74, 6) is -0.764. The fraction of sp³-hybridized carbons (Fsp3) is 0.310. The van der Waals surface area contributed by atoms with Crippen molar-refractivity contribution in [2.75, 3.05) is 6.61 Å². The molecule has 1 saturated carbocycles. The zero-order valence-corrected chi connectivity index (χ0v) is 19.5. The van der Waals surface area contributed by atoms with Crippen LogP contribution in [0.15, 0.2) is 72.8 Å². The molecular weight excluding hydrogens is 445 g/mol. The van der Waals surface area contributed by atoms with E-state index >= 15 is 0 Å². The summed E-state index contributed by atoms with van der Waals surface area (Å²) in [5.41, 5.74) is 2.66. The molecule has 182 valence electrons. The lowest BCUT2D eigenvalue weighted by Gasteiger charge is -2.24. The Morgan fingerprint density at radius 2 is 1.74 bits per heavy atom. The maximum Gasteiger partial charge on any atom is 0.303 e. The smallest absolute Gasteiger partial charge is 0.303 e. The molecule has 4 rings (SSSR count). The number of para-hydroxylation sites is 1. The molecule has 1 fully saturated rings. The van der Waals surface area contributed by atoms with Crippen molar-refractivity contribution in [3.63, 3.8) is 0 Å². The molecule has 1 atom stereocenters. The van der Waals surface area contributed by atoms with Crippen LogP contribution in [0.25, 0.3) is 11.1 Å². The first-order valence-electron chi connectivity index (χ1n) is 12.6. The SMILES string of the molecule is [2H]C(c1ccccc1OCCCCCC(=O)O)N(C(=O)c1ccc(-c2cccc(F)c2)cc1)C1CC1. The molecule has 0 saturated heterocycles. The average Bonchev–Trinajstić information content (AvgIpc) is 3.71. The van der Waals surface area contributed by atoms with Gasteiger partial charge in [-0.15, -0.1) is 0 Å². The van der Waals surface area contributed by atoms with E-state index < -0.39 is 12.5 Å². The Hall–Kier alpha value is -3.67. The van der Waals surface area contributed by atoms with Crippen molar-refractivity contribution in [2.45, 2.75) is 51.1 Å². The highest BCUT2D eigenvalue weighted by Gasteiger charge is 2.33. The van der Waals surface area contributed by atoms with Gasteiger partial charge in [-0.2, -0.15) is 0 Å². The molecule has 5 nitrogen and oxygen atoms in total. The van der Waals surface area contributed by atoms with Gasteiger partial charge >= 0.3 is 5.97 Å². The number of halogens is 1. The van der Waals surface area contributed by atoms with E-state index in [4.69, 9.17) is 11.2 Å². The first-order valence-corrected chi connectivity index (χ1v) is 12.0. The number of carbonyl (C=O) groups is 2. The van der Waals surface area contributed by atoms with Gasteiger partial charge in [0.15, 0.2) is 0 Å². The summed E-state index contributed by atoms with van der Waals surface area (Å²) in [5, 5.41) is 8.75. The lowest BCUT2D eigenvalue weighted by Crippen LogP contribution is -2.32. The van der Waals surface area contributed by atoms with Gasteiger partial charge < -0.3 is 14.7 Å². The highest BCUT2D eigenvalue weighted by Crippen LogP contribution is 2.32. The molecule has 3 aromatic carbocycles.